The Kier molecular flexibility index (Phi) is 7.43. The Balaban J connectivity index is 1.78. The van der Waals surface area contributed by atoms with E-state index in [-0.39, 0.29) is 5.76 Å². The number of esters is 1. The fourth-order valence-electron chi connectivity index (χ4n) is 2.82. The van der Waals surface area contributed by atoms with Gasteiger partial charge in [0.25, 0.3) is 0 Å². The number of pyridine rings is 1. The number of hydrogen-bond acceptors (Lipinski definition) is 7. The Morgan fingerprint density at radius 1 is 1.23 bits per heavy atom. The highest BCUT2D eigenvalue weighted by Gasteiger charge is 2.23. The summed E-state index contributed by atoms with van der Waals surface area (Å²) in [6.07, 6.45) is 2.89. The first-order valence-corrected chi connectivity index (χ1v) is 10.0. The lowest BCUT2D eigenvalue weighted by Crippen LogP contribution is -2.22. The number of halogens is 1. The molecule has 2 heterocycles. The second-order valence-electron chi connectivity index (χ2n) is 6.68. The van der Waals surface area contributed by atoms with Crippen LogP contribution in [0.4, 0.5) is 5.82 Å². The van der Waals surface area contributed by atoms with E-state index in [4.69, 9.17) is 25.5 Å². The van der Waals surface area contributed by atoms with Crippen molar-refractivity contribution in [2.45, 2.75) is 19.8 Å². The minimum absolute atomic E-state index is 0.0769. The highest BCUT2D eigenvalue weighted by atomic mass is 35.5. The van der Waals surface area contributed by atoms with Gasteiger partial charge in [0.2, 0.25) is 11.7 Å². The SMILES string of the molecule is CCCc1nc(-c2ccccc2Cl)oc1C(=O)Oc1ccc(N(C)CCOC)nc1. The lowest BCUT2D eigenvalue weighted by Gasteiger charge is -2.17. The summed E-state index contributed by atoms with van der Waals surface area (Å²) in [6, 6.07) is 10.7. The van der Waals surface area contributed by atoms with Gasteiger partial charge in [0.1, 0.15) is 11.6 Å². The average Bonchev–Trinajstić information content (AvgIpc) is 3.17. The standard InChI is InChI=1S/C22H24ClN3O4/c1-4-7-18-20(30-21(25-18)16-8-5-6-9-17(16)23)22(27)29-15-10-11-19(24-14-15)26(2)12-13-28-3/h5-6,8-11,14H,4,7,12-13H2,1-3H3. The summed E-state index contributed by atoms with van der Waals surface area (Å²) in [5.41, 5.74) is 1.17. The van der Waals surface area contributed by atoms with Crippen LogP contribution in [0, 0.1) is 0 Å². The topological polar surface area (TPSA) is 77.7 Å². The van der Waals surface area contributed by atoms with Crippen LogP contribution in [0.15, 0.2) is 47.0 Å². The number of aryl methyl sites for hydroxylation is 1. The molecule has 30 heavy (non-hydrogen) atoms. The Hall–Kier alpha value is -2.90. The van der Waals surface area contributed by atoms with Gasteiger partial charge in [-0.25, -0.2) is 14.8 Å². The molecular formula is C22H24ClN3O4. The first-order chi connectivity index (χ1) is 14.5. The molecule has 0 aliphatic heterocycles. The van der Waals surface area contributed by atoms with E-state index >= 15 is 0 Å². The molecule has 0 saturated carbocycles. The van der Waals surface area contributed by atoms with Gasteiger partial charge in [-0.05, 0) is 30.7 Å². The third-order valence-corrected chi connectivity index (χ3v) is 4.76. The number of likely N-dealkylation sites (N-methyl/N-ethyl adjacent to an activating group) is 1. The fraction of sp³-hybridized carbons (Fsp3) is 0.318. The van der Waals surface area contributed by atoms with Crippen molar-refractivity contribution in [1.29, 1.82) is 0 Å². The number of methoxy groups -OCH3 is 1. The molecule has 7 nitrogen and oxygen atoms in total. The van der Waals surface area contributed by atoms with Crippen molar-refractivity contribution in [3.63, 3.8) is 0 Å². The molecule has 0 amide bonds. The first-order valence-electron chi connectivity index (χ1n) is 9.66. The van der Waals surface area contributed by atoms with Crippen molar-refractivity contribution in [3.05, 3.63) is 59.1 Å². The normalized spacial score (nSPS) is 10.8. The summed E-state index contributed by atoms with van der Waals surface area (Å²) in [6.45, 7) is 3.29. The van der Waals surface area contributed by atoms with Crippen LogP contribution in [0.1, 0.15) is 29.6 Å². The van der Waals surface area contributed by atoms with E-state index in [9.17, 15) is 4.79 Å². The van der Waals surface area contributed by atoms with E-state index < -0.39 is 5.97 Å². The zero-order valence-electron chi connectivity index (χ0n) is 17.2. The van der Waals surface area contributed by atoms with Crippen molar-refractivity contribution in [1.82, 2.24) is 9.97 Å². The van der Waals surface area contributed by atoms with Gasteiger partial charge in [0.05, 0.1) is 29.1 Å². The molecule has 8 heteroatoms. The summed E-state index contributed by atoms with van der Waals surface area (Å²) in [5.74, 6) is 0.824. The van der Waals surface area contributed by atoms with Crippen LogP contribution in [0.3, 0.4) is 0 Å². The van der Waals surface area contributed by atoms with Crippen LogP contribution in [0.2, 0.25) is 5.02 Å². The number of hydrogen-bond donors (Lipinski definition) is 0. The molecule has 0 aliphatic carbocycles. The molecule has 3 rings (SSSR count). The van der Waals surface area contributed by atoms with E-state index in [1.54, 1.807) is 31.4 Å². The molecule has 1 aromatic carbocycles. The van der Waals surface area contributed by atoms with Gasteiger partial charge < -0.3 is 18.8 Å². The van der Waals surface area contributed by atoms with Crippen LogP contribution in [-0.2, 0) is 11.2 Å². The maximum atomic E-state index is 12.8. The molecule has 0 unspecified atom stereocenters. The van der Waals surface area contributed by atoms with E-state index in [0.29, 0.717) is 47.5 Å². The van der Waals surface area contributed by atoms with Crippen LogP contribution in [0.25, 0.3) is 11.5 Å². The second-order valence-corrected chi connectivity index (χ2v) is 7.09. The van der Waals surface area contributed by atoms with Gasteiger partial charge >= 0.3 is 5.97 Å². The zero-order valence-corrected chi connectivity index (χ0v) is 18.0. The first kappa shape index (κ1) is 21.8. The van der Waals surface area contributed by atoms with Crippen LogP contribution < -0.4 is 9.64 Å². The second kappa shape index (κ2) is 10.2. The summed E-state index contributed by atoms with van der Waals surface area (Å²) < 4.78 is 16.3. The average molecular weight is 430 g/mol. The number of benzene rings is 1. The van der Waals surface area contributed by atoms with E-state index in [1.165, 1.54) is 6.20 Å². The number of anilines is 1. The minimum Gasteiger partial charge on any atom is -0.429 e. The van der Waals surface area contributed by atoms with E-state index in [2.05, 4.69) is 9.97 Å². The van der Waals surface area contributed by atoms with Crippen LogP contribution >= 0.6 is 11.6 Å². The van der Waals surface area contributed by atoms with Gasteiger partial charge in [-0.2, -0.15) is 0 Å². The van der Waals surface area contributed by atoms with Crippen molar-refractivity contribution in [2.24, 2.45) is 0 Å². The number of carbonyl (C=O) groups excluding carboxylic acids is 1. The molecule has 0 saturated heterocycles. The minimum atomic E-state index is -0.619. The number of nitrogens with zero attached hydrogens (tertiary/aromatic N) is 3. The van der Waals surface area contributed by atoms with Crippen molar-refractivity contribution in [2.75, 3.05) is 32.2 Å². The maximum Gasteiger partial charge on any atom is 0.381 e. The largest absolute Gasteiger partial charge is 0.429 e. The van der Waals surface area contributed by atoms with Gasteiger partial charge in [0.15, 0.2) is 0 Å². The van der Waals surface area contributed by atoms with Crippen LogP contribution in [0.5, 0.6) is 5.75 Å². The summed E-state index contributed by atoms with van der Waals surface area (Å²) >= 11 is 6.24. The van der Waals surface area contributed by atoms with Gasteiger partial charge in [0, 0.05) is 20.7 Å². The van der Waals surface area contributed by atoms with Crippen LogP contribution in [-0.4, -0.2) is 43.2 Å². The third kappa shape index (κ3) is 5.17. The molecular weight excluding hydrogens is 406 g/mol. The van der Waals surface area contributed by atoms with E-state index in [1.807, 2.05) is 31.0 Å². The summed E-state index contributed by atoms with van der Waals surface area (Å²) in [5, 5.41) is 0.499. The Labute approximate surface area is 180 Å². The van der Waals surface area contributed by atoms with Crippen molar-refractivity contribution < 1.29 is 18.7 Å². The Morgan fingerprint density at radius 3 is 2.70 bits per heavy atom. The Morgan fingerprint density at radius 2 is 2.03 bits per heavy atom. The number of oxazole rings is 1. The Bertz CT molecular complexity index is 988. The molecule has 0 aliphatic rings. The van der Waals surface area contributed by atoms with Crippen molar-refractivity contribution in [3.8, 4) is 17.2 Å². The number of rotatable bonds is 9. The molecule has 2 aromatic heterocycles. The lowest BCUT2D eigenvalue weighted by atomic mass is 10.2. The lowest BCUT2D eigenvalue weighted by molar-refractivity contribution is 0.0700. The fourth-order valence-corrected chi connectivity index (χ4v) is 3.04. The number of ether oxygens (including phenoxy) is 2. The maximum absolute atomic E-state index is 12.8. The summed E-state index contributed by atoms with van der Waals surface area (Å²) in [7, 11) is 3.56. The predicted octanol–water partition coefficient (Wildman–Crippen LogP) is 4.64. The molecule has 0 N–H and O–H groups in total. The quantitative estimate of drug-likeness (QED) is 0.458. The molecule has 0 spiro atoms. The third-order valence-electron chi connectivity index (χ3n) is 4.43. The van der Waals surface area contributed by atoms with Crippen molar-refractivity contribution >= 4 is 23.4 Å². The van der Waals surface area contributed by atoms with E-state index in [0.717, 1.165) is 12.2 Å². The molecule has 0 atom stereocenters. The zero-order chi connectivity index (χ0) is 21.5. The highest BCUT2D eigenvalue weighted by molar-refractivity contribution is 6.33. The number of carbonyl (C=O) groups is 1. The highest BCUT2D eigenvalue weighted by Crippen LogP contribution is 2.29. The smallest absolute Gasteiger partial charge is 0.381 e. The molecule has 158 valence electrons. The number of aromatic nitrogens is 2. The van der Waals surface area contributed by atoms with Gasteiger partial charge in [-0.3, -0.25) is 0 Å². The van der Waals surface area contributed by atoms with Gasteiger partial charge in [-0.1, -0.05) is 37.1 Å². The molecule has 0 bridgehead atoms. The van der Waals surface area contributed by atoms with Gasteiger partial charge in [-0.15, -0.1) is 0 Å². The summed E-state index contributed by atoms with van der Waals surface area (Å²) in [4.78, 5) is 23.5. The molecule has 3 aromatic rings. The monoisotopic (exact) mass is 429 g/mol. The molecule has 0 fully saturated rings. The molecule has 0 radical (unpaired) electrons. The predicted molar refractivity (Wildman–Crippen MR) is 115 cm³/mol.